The molecular weight excluding hydrogens is 282 g/mol. The standard InChI is InChI=1S/C16H19N3OS/c1-3-19(10-13-9-18-16(17)21-13)11(2)15-8-12-6-4-5-7-14(12)20-15/h4-9,11H,3,10H2,1-2H3,(H2,17,18). The van der Waals surface area contributed by atoms with Crippen molar-refractivity contribution < 1.29 is 4.42 Å². The number of aromatic nitrogens is 1. The number of benzene rings is 1. The Hall–Kier alpha value is -1.85. The first-order valence-electron chi connectivity index (χ1n) is 7.10. The van der Waals surface area contributed by atoms with Crippen molar-refractivity contribution in [3.8, 4) is 0 Å². The van der Waals surface area contributed by atoms with E-state index in [2.05, 4.69) is 35.9 Å². The molecule has 1 aromatic carbocycles. The van der Waals surface area contributed by atoms with E-state index in [0.717, 1.165) is 29.8 Å². The lowest BCUT2D eigenvalue weighted by molar-refractivity contribution is 0.193. The lowest BCUT2D eigenvalue weighted by Crippen LogP contribution is -2.25. The maximum atomic E-state index is 5.98. The average Bonchev–Trinajstić information content (AvgIpc) is 3.09. The van der Waals surface area contributed by atoms with E-state index >= 15 is 0 Å². The summed E-state index contributed by atoms with van der Waals surface area (Å²) in [5, 5.41) is 1.77. The minimum absolute atomic E-state index is 0.214. The first kappa shape index (κ1) is 14.1. The molecule has 2 aromatic heterocycles. The molecule has 5 heteroatoms. The lowest BCUT2D eigenvalue weighted by Gasteiger charge is -2.25. The molecule has 1 unspecified atom stereocenters. The zero-order valence-corrected chi connectivity index (χ0v) is 13.1. The first-order valence-corrected chi connectivity index (χ1v) is 7.91. The van der Waals surface area contributed by atoms with Gasteiger partial charge >= 0.3 is 0 Å². The fourth-order valence-electron chi connectivity index (χ4n) is 2.51. The van der Waals surface area contributed by atoms with Crippen LogP contribution in [0.4, 0.5) is 5.13 Å². The molecule has 0 aliphatic rings. The van der Waals surface area contributed by atoms with Gasteiger partial charge in [-0.25, -0.2) is 4.98 Å². The Labute approximate surface area is 128 Å². The second kappa shape index (κ2) is 5.87. The number of hydrogen-bond acceptors (Lipinski definition) is 5. The Bertz CT molecular complexity index is 701. The van der Waals surface area contributed by atoms with Gasteiger partial charge in [0.1, 0.15) is 11.3 Å². The van der Waals surface area contributed by atoms with Crippen LogP contribution in [0.5, 0.6) is 0 Å². The van der Waals surface area contributed by atoms with E-state index in [9.17, 15) is 0 Å². The number of nitrogen functional groups attached to an aromatic ring is 1. The van der Waals surface area contributed by atoms with Gasteiger partial charge in [-0.05, 0) is 25.6 Å². The quantitative estimate of drug-likeness (QED) is 0.772. The van der Waals surface area contributed by atoms with E-state index in [4.69, 9.17) is 10.2 Å². The first-order chi connectivity index (χ1) is 10.2. The molecule has 0 amide bonds. The Morgan fingerprint density at radius 1 is 1.38 bits per heavy atom. The van der Waals surface area contributed by atoms with Crippen molar-refractivity contribution in [2.24, 2.45) is 0 Å². The van der Waals surface area contributed by atoms with Crippen LogP contribution < -0.4 is 5.73 Å². The molecule has 3 rings (SSSR count). The van der Waals surface area contributed by atoms with Gasteiger partial charge in [-0.1, -0.05) is 25.1 Å². The van der Waals surface area contributed by atoms with Crippen molar-refractivity contribution in [1.82, 2.24) is 9.88 Å². The highest BCUT2D eigenvalue weighted by molar-refractivity contribution is 7.15. The van der Waals surface area contributed by atoms with E-state index in [-0.39, 0.29) is 6.04 Å². The van der Waals surface area contributed by atoms with E-state index in [0.29, 0.717) is 5.13 Å². The summed E-state index contributed by atoms with van der Waals surface area (Å²) < 4.78 is 5.98. The summed E-state index contributed by atoms with van der Waals surface area (Å²) in [5.74, 6) is 0.996. The van der Waals surface area contributed by atoms with Crippen LogP contribution in [0.2, 0.25) is 0 Å². The van der Waals surface area contributed by atoms with Crippen molar-refractivity contribution in [3.63, 3.8) is 0 Å². The van der Waals surface area contributed by atoms with Gasteiger partial charge in [0.05, 0.1) is 6.04 Å². The number of fused-ring (bicyclic) bond motifs is 1. The highest BCUT2D eigenvalue weighted by Crippen LogP contribution is 2.29. The van der Waals surface area contributed by atoms with E-state index in [1.165, 1.54) is 4.88 Å². The third-order valence-electron chi connectivity index (χ3n) is 3.74. The van der Waals surface area contributed by atoms with Gasteiger partial charge in [0.25, 0.3) is 0 Å². The topological polar surface area (TPSA) is 55.3 Å². The zero-order valence-electron chi connectivity index (χ0n) is 12.2. The number of thiazole rings is 1. The third kappa shape index (κ3) is 2.94. The molecular formula is C16H19N3OS. The molecule has 0 aliphatic carbocycles. The van der Waals surface area contributed by atoms with Crippen molar-refractivity contribution >= 4 is 27.4 Å². The van der Waals surface area contributed by atoms with Gasteiger partial charge in [-0.3, -0.25) is 4.90 Å². The molecule has 0 saturated carbocycles. The van der Waals surface area contributed by atoms with Crippen LogP contribution >= 0.6 is 11.3 Å². The number of hydrogen-bond donors (Lipinski definition) is 1. The van der Waals surface area contributed by atoms with Gasteiger partial charge in [-0.2, -0.15) is 0 Å². The van der Waals surface area contributed by atoms with Crippen molar-refractivity contribution in [2.75, 3.05) is 12.3 Å². The Morgan fingerprint density at radius 3 is 2.86 bits per heavy atom. The predicted octanol–water partition coefficient (Wildman–Crippen LogP) is 4.05. The summed E-state index contributed by atoms with van der Waals surface area (Å²) in [6.07, 6.45) is 1.86. The van der Waals surface area contributed by atoms with E-state index < -0.39 is 0 Å². The SMILES string of the molecule is CCN(Cc1cnc(N)s1)C(C)c1cc2ccccc2o1. The van der Waals surface area contributed by atoms with Crippen molar-refractivity contribution in [3.05, 3.63) is 47.2 Å². The van der Waals surface area contributed by atoms with Crippen LogP contribution in [-0.4, -0.2) is 16.4 Å². The number of furan rings is 1. The van der Waals surface area contributed by atoms with Crippen LogP contribution in [0.3, 0.4) is 0 Å². The molecule has 2 N–H and O–H groups in total. The molecule has 110 valence electrons. The summed E-state index contributed by atoms with van der Waals surface area (Å²) >= 11 is 1.54. The monoisotopic (exact) mass is 301 g/mol. The summed E-state index contributed by atoms with van der Waals surface area (Å²) in [7, 11) is 0. The molecule has 2 heterocycles. The number of nitrogens with two attached hydrogens (primary N) is 1. The Balaban J connectivity index is 1.82. The van der Waals surface area contributed by atoms with E-state index in [1.54, 1.807) is 11.3 Å². The molecule has 0 fully saturated rings. The van der Waals surface area contributed by atoms with Crippen LogP contribution in [0.25, 0.3) is 11.0 Å². The molecule has 4 nitrogen and oxygen atoms in total. The molecule has 0 radical (unpaired) electrons. The van der Waals surface area contributed by atoms with Gasteiger partial charge in [0, 0.05) is 23.0 Å². The van der Waals surface area contributed by atoms with Gasteiger partial charge in [-0.15, -0.1) is 11.3 Å². The summed E-state index contributed by atoms with van der Waals surface area (Å²) in [6.45, 7) is 6.11. The number of anilines is 1. The number of para-hydroxylation sites is 1. The largest absolute Gasteiger partial charge is 0.459 e. The minimum Gasteiger partial charge on any atom is -0.459 e. The van der Waals surface area contributed by atoms with Gasteiger partial charge in [0.15, 0.2) is 5.13 Å². The molecule has 0 aliphatic heterocycles. The second-order valence-electron chi connectivity index (χ2n) is 5.09. The second-order valence-corrected chi connectivity index (χ2v) is 6.24. The molecule has 0 bridgehead atoms. The highest BCUT2D eigenvalue weighted by Gasteiger charge is 2.19. The molecule has 0 spiro atoms. The summed E-state index contributed by atoms with van der Waals surface area (Å²) in [6, 6.07) is 10.5. The summed E-state index contributed by atoms with van der Waals surface area (Å²) in [5.41, 5.74) is 6.65. The number of rotatable bonds is 5. The molecule has 3 aromatic rings. The maximum Gasteiger partial charge on any atom is 0.180 e. The molecule has 1 atom stereocenters. The van der Waals surface area contributed by atoms with Crippen LogP contribution in [0, 0.1) is 0 Å². The Morgan fingerprint density at radius 2 is 2.19 bits per heavy atom. The predicted molar refractivity (Wildman–Crippen MR) is 87.2 cm³/mol. The smallest absolute Gasteiger partial charge is 0.180 e. The highest BCUT2D eigenvalue weighted by atomic mass is 32.1. The normalized spacial score (nSPS) is 13.1. The fraction of sp³-hybridized carbons (Fsp3) is 0.312. The van der Waals surface area contributed by atoms with Crippen molar-refractivity contribution in [2.45, 2.75) is 26.4 Å². The summed E-state index contributed by atoms with van der Waals surface area (Å²) in [4.78, 5) is 7.65. The van der Waals surface area contributed by atoms with Gasteiger partial charge in [0.2, 0.25) is 0 Å². The number of nitrogens with zero attached hydrogens (tertiary/aromatic N) is 2. The lowest BCUT2D eigenvalue weighted by atomic mass is 10.2. The minimum atomic E-state index is 0.214. The average molecular weight is 301 g/mol. The maximum absolute atomic E-state index is 5.98. The van der Waals surface area contributed by atoms with Crippen LogP contribution in [0.15, 0.2) is 40.9 Å². The molecule has 0 saturated heterocycles. The van der Waals surface area contributed by atoms with Crippen LogP contribution in [-0.2, 0) is 6.54 Å². The third-order valence-corrected chi connectivity index (χ3v) is 4.55. The zero-order chi connectivity index (χ0) is 14.8. The van der Waals surface area contributed by atoms with Crippen LogP contribution in [0.1, 0.15) is 30.5 Å². The van der Waals surface area contributed by atoms with E-state index in [1.807, 2.05) is 24.4 Å². The van der Waals surface area contributed by atoms with Gasteiger partial charge < -0.3 is 10.2 Å². The van der Waals surface area contributed by atoms with Crippen molar-refractivity contribution in [1.29, 1.82) is 0 Å². The fourth-order valence-corrected chi connectivity index (χ4v) is 3.22. The molecule has 21 heavy (non-hydrogen) atoms. The Kier molecular flexibility index (Phi) is 3.94.